The lowest BCUT2D eigenvalue weighted by molar-refractivity contribution is 0.708. The third-order valence-electron chi connectivity index (χ3n) is 1.71. The Morgan fingerprint density at radius 2 is 2.14 bits per heavy atom. The Morgan fingerprint density at radius 3 is 2.79 bits per heavy atom. The minimum atomic E-state index is 0.847. The average molecular weight is 245 g/mol. The number of halogens is 1. The fourth-order valence-electron chi connectivity index (χ4n) is 1.09. The predicted molar refractivity (Wildman–Crippen MR) is 62.0 cm³/mol. The molecule has 14 heavy (non-hydrogen) atoms. The summed E-state index contributed by atoms with van der Waals surface area (Å²) in [5.41, 5.74) is 1.85. The summed E-state index contributed by atoms with van der Waals surface area (Å²) in [5.74, 6) is 0. The van der Waals surface area contributed by atoms with Gasteiger partial charge in [0.2, 0.25) is 0 Å². The van der Waals surface area contributed by atoms with Crippen LogP contribution in [0.2, 0.25) is 4.34 Å². The summed E-state index contributed by atoms with van der Waals surface area (Å²) < 4.78 is 0.847. The topological polar surface area (TPSA) is 24.9 Å². The van der Waals surface area contributed by atoms with Crippen molar-refractivity contribution in [2.45, 2.75) is 13.1 Å². The van der Waals surface area contributed by atoms with E-state index in [9.17, 15) is 0 Å². The molecule has 0 aliphatic heterocycles. The van der Waals surface area contributed by atoms with Crippen LogP contribution < -0.4 is 5.32 Å². The summed E-state index contributed by atoms with van der Waals surface area (Å²) in [5, 5.41) is 3.34. The molecule has 2 aromatic rings. The van der Waals surface area contributed by atoms with Gasteiger partial charge in [-0.2, -0.15) is 0 Å². The summed E-state index contributed by atoms with van der Waals surface area (Å²) >= 11 is 9.10. The maximum atomic E-state index is 5.82. The van der Waals surface area contributed by atoms with Gasteiger partial charge in [0.05, 0.1) is 9.85 Å². The smallest absolute Gasteiger partial charge is 0.0931 e. The van der Waals surface area contributed by atoms with Crippen LogP contribution in [0.5, 0.6) is 0 Å². The maximum Gasteiger partial charge on any atom is 0.0931 e. The molecule has 0 saturated heterocycles. The van der Waals surface area contributed by atoms with Crippen LogP contribution in [0.1, 0.15) is 9.75 Å². The third kappa shape index (κ3) is 2.78. The van der Waals surface area contributed by atoms with E-state index in [1.807, 2.05) is 23.8 Å². The number of aromatic nitrogens is 1. The van der Waals surface area contributed by atoms with Gasteiger partial charge in [-0.3, -0.25) is 4.98 Å². The summed E-state index contributed by atoms with van der Waals surface area (Å²) in [7, 11) is 0. The Morgan fingerprint density at radius 1 is 1.29 bits per heavy atom. The van der Waals surface area contributed by atoms with Crippen LogP contribution >= 0.6 is 34.3 Å². The van der Waals surface area contributed by atoms with Crippen LogP contribution in [0, 0.1) is 0 Å². The largest absolute Gasteiger partial charge is 0.307 e. The monoisotopic (exact) mass is 244 g/mol. The van der Waals surface area contributed by atoms with E-state index in [4.69, 9.17) is 11.6 Å². The fraction of sp³-hybridized carbons (Fsp3) is 0.222. The first-order valence-electron chi connectivity index (χ1n) is 4.17. The van der Waals surface area contributed by atoms with Crippen molar-refractivity contribution in [1.82, 2.24) is 10.3 Å². The molecule has 0 saturated carbocycles. The zero-order valence-electron chi connectivity index (χ0n) is 7.37. The second kappa shape index (κ2) is 4.89. The van der Waals surface area contributed by atoms with Crippen LogP contribution in [0.4, 0.5) is 0 Å². The van der Waals surface area contributed by atoms with Crippen LogP contribution in [-0.2, 0) is 13.1 Å². The van der Waals surface area contributed by atoms with Crippen LogP contribution in [0.25, 0.3) is 0 Å². The first-order valence-corrected chi connectivity index (χ1v) is 6.24. The zero-order valence-corrected chi connectivity index (χ0v) is 9.75. The molecule has 0 radical (unpaired) electrons. The highest BCUT2D eigenvalue weighted by Crippen LogP contribution is 2.21. The van der Waals surface area contributed by atoms with E-state index in [0.29, 0.717) is 0 Å². The van der Waals surface area contributed by atoms with Gasteiger partial charge >= 0.3 is 0 Å². The molecular weight excluding hydrogens is 236 g/mol. The highest BCUT2D eigenvalue weighted by molar-refractivity contribution is 7.16. The van der Waals surface area contributed by atoms with E-state index in [2.05, 4.69) is 10.3 Å². The lowest BCUT2D eigenvalue weighted by atomic mass is 10.4. The second-order valence-electron chi connectivity index (χ2n) is 2.78. The lowest BCUT2D eigenvalue weighted by Gasteiger charge is -1.98. The lowest BCUT2D eigenvalue weighted by Crippen LogP contribution is -2.10. The molecule has 1 N–H and O–H groups in total. The van der Waals surface area contributed by atoms with Crippen molar-refractivity contribution in [3.63, 3.8) is 0 Å². The van der Waals surface area contributed by atoms with Crippen LogP contribution in [0.3, 0.4) is 0 Å². The molecule has 5 heteroatoms. The van der Waals surface area contributed by atoms with E-state index < -0.39 is 0 Å². The summed E-state index contributed by atoms with van der Waals surface area (Å²) in [6, 6.07) is 3.97. The van der Waals surface area contributed by atoms with Crippen molar-refractivity contribution in [1.29, 1.82) is 0 Å². The van der Waals surface area contributed by atoms with Crippen molar-refractivity contribution in [3.05, 3.63) is 37.9 Å². The number of rotatable bonds is 4. The number of hydrogen-bond donors (Lipinski definition) is 1. The standard InChI is InChI=1S/C9H9ClN2S2/c10-9-2-1-7(14-9)3-11-4-8-5-12-6-13-8/h1-2,5-6,11H,3-4H2. The van der Waals surface area contributed by atoms with Gasteiger partial charge in [0.15, 0.2) is 0 Å². The third-order valence-corrected chi connectivity index (χ3v) is 3.72. The normalized spacial score (nSPS) is 10.6. The van der Waals surface area contributed by atoms with Crippen LogP contribution in [-0.4, -0.2) is 4.98 Å². The SMILES string of the molecule is Clc1ccc(CNCc2cncs2)s1. The van der Waals surface area contributed by atoms with E-state index in [1.165, 1.54) is 9.75 Å². The number of nitrogens with zero attached hydrogens (tertiary/aromatic N) is 1. The van der Waals surface area contributed by atoms with Gasteiger partial charge in [0.25, 0.3) is 0 Å². The van der Waals surface area contributed by atoms with Crippen LogP contribution in [0.15, 0.2) is 23.8 Å². The molecular formula is C9H9ClN2S2. The van der Waals surface area contributed by atoms with E-state index in [-0.39, 0.29) is 0 Å². The van der Waals surface area contributed by atoms with Gasteiger partial charge in [-0.1, -0.05) is 11.6 Å². The molecule has 0 aliphatic carbocycles. The fourth-order valence-corrected chi connectivity index (χ4v) is 2.71. The molecule has 2 rings (SSSR count). The maximum absolute atomic E-state index is 5.82. The quantitative estimate of drug-likeness (QED) is 0.894. The Bertz CT molecular complexity index is 383. The Kier molecular flexibility index (Phi) is 3.53. The minimum Gasteiger partial charge on any atom is -0.307 e. The number of nitrogens with one attached hydrogen (secondary N) is 1. The molecule has 74 valence electrons. The molecule has 0 spiro atoms. The minimum absolute atomic E-state index is 0.847. The Labute approximate surface area is 95.6 Å². The van der Waals surface area contributed by atoms with Crippen molar-refractivity contribution in [2.24, 2.45) is 0 Å². The number of hydrogen-bond acceptors (Lipinski definition) is 4. The van der Waals surface area contributed by atoms with Gasteiger partial charge in [-0.25, -0.2) is 0 Å². The molecule has 2 nitrogen and oxygen atoms in total. The number of thiophene rings is 1. The average Bonchev–Trinajstić information content (AvgIpc) is 2.77. The molecule has 0 aromatic carbocycles. The molecule has 0 atom stereocenters. The molecule has 2 heterocycles. The summed E-state index contributed by atoms with van der Waals surface area (Å²) in [6.45, 7) is 1.75. The first kappa shape index (κ1) is 10.1. The molecule has 0 amide bonds. The van der Waals surface area contributed by atoms with E-state index in [0.717, 1.165) is 17.4 Å². The molecule has 0 fully saturated rings. The summed E-state index contributed by atoms with van der Waals surface area (Å²) in [6.07, 6.45) is 1.89. The zero-order chi connectivity index (χ0) is 9.80. The number of thiazole rings is 1. The molecule has 0 unspecified atom stereocenters. The predicted octanol–water partition coefficient (Wildman–Crippen LogP) is 3.15. The molecule has 0 bridgehead atoms. The van der Waals surface area contributed by atoms with Gasteiger partial charge in [0, 0.05) is 29.0 Å². The Hall–Kier alpha value is -0.420. The highest BCUT2D eigenvalue weighted by atomic mass is 35.5. The van der Waals surface area contributed by atoms with E-state index in [1.54, 1.807) is 22.7 Å². The van der Waals surface area contributed by atoms with Crippen molar-refractivity contribution < 1.29 is 0 Å². The van der Waals surface area contributed by atoms with Gasteiger partial charge in [0.1, 0.15) is 0 Å². The summed E-state index contributed by atoms with van der Waals surface area (Å²) in [4.78, 5) is 6.53. The van der Waals surface area contributed by atoms with E-state index >= 15 is 0 Å². The highest BCUT2D eigenvalue weighted by Gasteiger charge is 1.98. The van der Waals surface area contributed by atoms with Crippen molar-refractivity contribution >= 4 is 34.3 Å². The van der Waals surface area contributed by atoms with Crippen molar-refractivity contribution in [2.75, 3.05) is 0 Å². The first-order chi connectivity index (χ1) is 6.84. The van der Waals surface area contributed by atoms with Gasteiger partial charge in [-0.05, 0) is 12.1 Å². The Balaban J connectivity index is 1.78. The second-order valence-corrected chi connectivity index (χ2v) is 5.55. The molecule has 0 aliphatic rings. The van der Waals surface area contributed by atoms with Crippen molar-refractivity contribution in [3.8, 4) is 0 Å². The van der Waals surface area contributed by atoms with Gasteiger partial charge < -0.3 is 5.32 Å². The molecule has 2 aromatic heterocycles. The van der Waals surface area contributed by atoms with Gasteiger partial charge in [-0.15, -0.1) is 22.7 Å².